The van der Waals surface area contributed by atoms with Gasteiger partial charge in [-0.3, -0.25) is 4.79 Å². The summed E-state index contributed by atoms with van der Waals surface area (Å²) in [5.74, 6) is 0.410. The lowest BCUT2D eigenvalue weighted by atomic mass is 9.97. The van der Waals surface area contributed by atoms with Crippen molar-refractivity contribution in [3.63, 3.8) is 0 Å². The molecule has 6 nitrogen and oxygen atoms in total. The predicted octanol–water partition coefficient (Wildman–Crippen LogP) is 4.82. The molecule has 0 unspecified atom stereocenters. The van der Waals surface area contributed by atoms with Gasteiger partial charge in [0.2, 0.25) is 0 Å². The highest BCUT2D eigenvalue weighted by atomic mass is 16.5. The van der Waals surface area contributed by atoms with Crippen molar-refractivity contribution in [2.45, 2.75) is 39.0 Å². The van der Waals surface area contributed by atoms with Crippen molar-refractivity contribution in [3.05, 3.63) is 64.9 Å². The molecule has 0 atom stereocenters. The van der Waals surface area contributed by atoms with Crippen LogP contribution in [0.4, 0.5) is 0 Å². The Labute approximate surface area is 189 Å². The molecule has 32 heavy (non-hydrogen) atoms. The second kappa shape index (κ2) is 10.8. The quantitative estimate of drug-likeness (QED) is 0.315. The van der Waals surface area contributed by atoms with Gasteiger partial charge in [-0.2, -0.15) is 0 Å². The van der Waals surface area contributed by atoms with Gasteiger partial charge in [-0.15, -0.1) is 0 Å². The topological polar surface area (TPSA) is 65.1 Å². The monoisotopic (exact) mass is 437 g/mol. The average Bonchev–Trinajstić information content (AvgIpc) is 3.05. The van der Waals surface area contributed by atoms with Gasteiger partial charge in [-0.25, -0.2) is 4.79 Å². The standard InChI is InChI=1S/C26H31NO5/c1-5-15-32-22-12-11-20(17-23(22)30-3)16-21-24(26(29)31-4)18(2)27(25(21)28)14-13-19-9-7-6-8-10-19/h5,9,11-12,16-17H,1,6-8,10,13-15H2,2-4H3. The van der Waals surface area contributed by atoms with E-state index in [1.54, 1.807) is 43.2 Å². The van der Waals surface area contributed by atoms with Crippen molar-refractivity contribution in [2.75, 3.05) is 27.4 Å². The summed E-state index contributed by atoms with van der Waals surface area (Å²) in [6.07, 6.45) is 11.1. The molecule has 0 fully saturated rings. The third kappa shape index (κ3) is 5.13. The first-order valence-corrected chi connectivity index (χ1v) is 10.9. The van der Waals surface area contributed by atoms with Crippen LogP contribution < -0.4 is 9.47 Å². The van der Waals surface area contributed by atoms with Gasteiger partial charge in [-0.1, -0.05) is 30.4 Å². The lowest BCUT2D eigenvalue weighted by molar-refractivity contribution is -0.136. The third-order valence-corrected chi connectivity index (χ3v) is 5.80. The van der Waals surface area contributed by atoms with Gasteiger partial charge in [0.1, 0.15) is 6.61 Å². The van der Waals surface area contributed by atoms with Crippen LogP contribution in [0.25, 0.3) is 6.08 Å². The Balaban J connectivity index is 1.90. The molecule has 0 spiro atoms. The van der Waals surface area contributed by atoms with Gasteiger partial charge < -0.3 is 19.1 Å². The summed E-state index contributed by atoms with van der Waals surface area (Å²) in [6.45, 7) is 6.35. The summed E-state index contributed by atoms with van der Waals surface area (Å²) < 4.78 is 16.0. The zero-order valence-corrected chi connectivity index (χ0v) is 19.1. The highest BCUT2D eigenvalue weighted by molar-refractivity contribution is 6.16. The number of carbonyl (C=O) groups excluding carboxylic acids is 2. The van der Waals surface area contributed by atoms with E-state index in [-0.39, 0.29) is 5.91 Å². The van der Waals surface area contributed by atoms with Crippen molar-refractivity contribution in [1.82, 2.24) is 4.90 Å². The van der Waals surface area contributed by atoms with E-state index in [9.17, 15) is 9.59 Å². The summed E-state index contributed by atoms with van der Waals surface area (Å²) in [7, 11) is 2.88. The molecule has 1 amide bonds. The number of hydrogen-bond donors (Lipinski definition) is 0. The number of ether oxygens (including phenoxy) is 3. The lowest BCUT2D eigenvalue weighted by Gasteiger charge is -2.20. The molecule has 0 saturated heterocycles. The molecule has 1 aliphatic heterocycles. The van der Waals surface area contributed by atoms with E-state index in [1.807, 2.05) is 6.07 Å². The van der Waals surface area contributed by atoms with E-state index < -0.39 is 5.97 Å². The van der Waals surface area contributed by atoms with Crippen LogP contribution in [0.5, 0.6) is 11.5 Å². The van der Waals surface area contributed by atoms with E-state index in [0.29, 0.717) is 41.5 Å². The van der Waals surface area contributed by atoms with Gasteiger partial charge in [0.05, 0.1) is 25.4 Å². The van der Waals surface area contributed by atoms with Crippen molar-refractivity contribution in [3.8, 4) is 11.5 Å². The van der Waals surface area contributed by atoms with Crippen LogP contribution in [-0.4, -0.2) is 44.1 Å². The van der Waals surface area contributed by atoms with Crippen LogP contribution in [0.15, 0.2) is 59.3 Å². The van der Waals surface area contributed by atoms with Gasteiger partial charge in [0.25, 0.3) is 5.91 Å². The second-order valence-corrected chi connectivity index (χ2v) is 7.83. The number of allylic oxidation sites excluding steroid dienone is 2. The van der Waals surface area contributed by atoms with E-state index in [4.69, 9.17) is 14.2 Å². The van der Waals surface area contributed by atoms with Crippen LogP contribution >= 0.6 is 0 Å². The molecule has 0 saturated carbocycles. The Morgan fingerprint density at radius 2 is 2.03 bits per heavy atom. The number of benzene rings is 1. The molecule has 1 aromatic rings. The molecule has 0 aromatic heterocycles. The minimum Gasteiger partial charge on any atom is -0.493 e. The van der Waals surface area contributed by atoms with E-state index in [1.165, 1.54) is 25.5 Å². The Morgan fingerprint density at radius 3 is 2.69 bits per heavy atom. The minimum absolute atomic E-state index is 0.190. The van der Waals surface area contributed by atoms with Crippen molar-refractivity contribution >= 4 is 18.0 Å². The fourth-order valence-corrected chi connectivity index (χ4v) is 4.09. The van der Waals surface area contributed by atoms with Crippen molar-refractivity contribution in [1.29, 1.82) is 0 Å². The van der Waals surface area contributed by atoms with Crippen LogP contribution in [0.1, 0.15) is 44.6 Å². The maximum Gasteiger partial charge on any atom is 0.340 e. The normalized spacial score (nSPS) is 17.5. The van der Waals surface area contributed by atoms with Gasteiger partial charge in [0.15, 0.2) is 11.5 Å². The Bertz CT molecular complexity index is 986. The highest BCUT2D eigenvalue weighted by Crippen LogP contribution is 2.34. The molecule has 1 aliphatic carbocycles. The fourth-order valence-electron chi connectivity index (χ4n) is 4.09. The average molecular weight is 438 g/mol. The number of amides is 1. The Hall–Kier alpha value is -3.28. The number of hydrogen-bond acceptors (Lipinski definition) is 5. The SMILES string of the molecule is C=CCOc1ccc(C=C2C(=O)N(CCC3=CCCCC3)C(C)=C2C(=O)OC)cc1OC. The number of methoxy groups -OCH3 is 2. The number of carbonyl (C=O) groups is 2. The zero-order valence-electron chi connectivity index (χ0n) is 19.1. The molecular weight excluding hydrogens is 406 g/mol. The summed E-state index contributed by atoms with van der Waals surface area (Å²) in [4.78, 5) is 27.5. The van der Waals surface area contributed by atoms with E-state index >= 15 is 0 Å². The van der Waals surface area contributed by atoms with Crippen LogP contribution in [0, 0.1) is 0 Å². The lowest BCUT2D eigenvalue weighted by Crippen LogP contribution is -2.26. The van der Waals surface area contributed by atoms with Gasteiger partial charge in [-0.05, 0) is 62.8 Å². The molecule has 0 bridgehead atoms. The largest absolute Gasteiger partial charge is 0.493 e. The van der Waals surface area contributed by atoms with E-state index in [0.717, 1.165) is 24.8 Å². The van der Waals surface area contributed by atoms with Crippen molar-refractivity contribution < 1.29 is 23.8 Å². The van der Waals surface area contributed by atoms with Gasteiger partial charge in [0, 0.05) is 12.2 Å². The molecule has 1 heterocycles. The summed E-state index contributed by atoms with van der Waals surface area (Å²) in [6, 6.07) is 5.37. The smallest absolute Gasteiger partial charge is 0.340 e. The van der Waals surface area contributed by atoms with Crippen LogP contribution in [0.3, 0.4) is 0 Å². The summed E-state index contributed by atoms with van der Waals surface area (Å²) in [5, 5.41) is 0. The zero-order chi connectivity index (χ0) is 23.1. The van der Waals surface area contributed by atoms with Gasteiger partial charge >= 0.3 is 5.97 Å². The molecular formula is C26H31NO5. The summed E-state index contributed by atoms with van der Waals surface area (Å²) >= 11 is 0. The highest BCUT2D eigenvalue weighted by Gasteiger charge is 2.36. The molecule has 3 rings (SSSR count). The first-order chi connectivity index (χ1) is 15.5. The minimum atomic E-state index is -0.514. The van der Waals surface area contributed by atoms with Crippen LogP contribution in [-0.2, 0) is 14.3 Å². The molecule has 0 radical (unpaired) electrons. The maximum absolute atomic E-state index is 13.3. The first kappa shape index (κ1) is 23.4. The maximum atomic E-state index is 13.3. The first-order valence-electron chi connectivity index (χ1n) is 10.9. The molecule has 2 aliphatic rings. The number of nitrogens with zero attached hydrogens (tertiary/aromatic N) is 1. The van der Waals surface area contributed by atoms with Crippen molar-refractivity contribution in [2.24, 2.45) is 0 Å². The van der Waals surface area contributed by atoms with Crippen LogP contribution in [0.2, 0.25) is 0 Å². The molecule has 170 valence electrons. The van der Waals surface area contributed by atoms with E-state index in [2.05, 4.69) is 12.7 Å². The molecule has 1 aromatic carbocycles. The summed E-state index contributed by atoms with van der Waals surface area (Å²) in [5.41, 5.74) is 3.37. The Morgan fingerprint density at radius 1 is 1.22 bits per heavy atom. The number of rotatable bonds is 9. The second-order valence-electron chi connectivity index (χ2n) is 7.83. The molecule has 6 heteroatoms. The number of esters is 1. The Kier molecular flexibility index (Phi) is 7.92. The predicted molar refractivity (Wildman–Crippen MR) is 124 cm³/mol. The molecule has 0 N–H and O–H groups in total. The fraction of sp³-hybridized carbons (Fsp3) is 0.385. The third-order valence-electron chi connectivity index (χ3n) is 5.80.